The van der Waals surface area contributed by atoms with Crippen molar-refractivity contribution >= 4 is 5.69 Å². The van der Waals surface area contributed by atoms with Crippen LogP contribution < -0.4 is 15.6 Å². The molecule has 2 aromatic carbocycles. The van der Waals surface area contributed by atoms with Crippen molar-refractivity contribution < 1.29 is 17.9 Å². The van der Waals surface area contributed by atoms with E-state index in [2.05, 4.69) is 10.4 Å². The van der Waals surface area contributed by atoms with Crippen LogP contribution in [-0.2, 0) is 13.6 Å². The molecule has 0 fully saturated rings. The number of nitrogens with one attached hydrogen (secondary N) is 1. The highest BCUT2D eigenvalue weighted by Gasteiger charge is 2.13. The summed E-state index contributed by atoms with van der Waals surface area (Å²) < 4.78 is 47.4. The first-order valence-electron chi connectivity index (χ1n) is 9.67. The third-order valence-electron chi connectivity index (χ3n) is 4.89. The molecule has 0 spiro atoms. The largest absolute Gasteiger partial charge is 0.463 e. The number of nitrogens with zero attached hydrogens (tertiary/aromatic N) is 3. The van der Waals surface area contributed by atoms with Gasteiger partial charge in [-0.2, -0.15) is 5.10 Å². The Balaban J connectivity index is 1.72. The van der Waals surface area contributed by atoms with E-state index in [-0.39, 0.29) is 17.7 Å². The van der Waals surface area contributed by atoms with Crippen molar-refractivity contribution in [2.45, 2.75) is 6.54 Å². The second-order valence-corrected chi connectivity index (χ2v) is 7.05. The molecule has 6 nitrogen and oxygen atoms in total. The summed E-state index contributed by atoms with van der Waals surface area (Å²) in [5.74, 6) is -0.992. The lowest BCUT2D eigenvalue weighted by atomic mass is 10.1. The van der Waals surface area contributed by atoms with Crippen LogP contribution in [0.3, 0.4) is 0 Å². The lowest BCUT2D eigenvalue weighted by Gasteiger charge is -2.15. The topological polar surface area (TPSA) is 61.1 Å². The highest BCUT2D eigenvalue weighted by Crippen LogP contribution is 2.28. The number of anilines is 1. The van der Waals surface area contributed by atoms with Gasteiger partial charge in [-0.05, 0) is 30.3 Å². The molecule has 4 rings (SSSR count). The molecule has 0 aliphatic rings. The Hall–Kier alpha value is -4.01. The maximum atomic E-state index is 14.0. The van der Waals surface area contributed by atoms with Crippen LogP contribution in [0.4, 0.5) is 18.9 Å². The molecule has 0 aliphatic carbocycles. The van der Waals surface area contributed by atoms with Crippen molar-refractivity contribution in [3.63, 3.8) is 0 Å². The predicted octanol–water partition coefficient (Wildman–Crippen LogP) is 4.43. The summed E-state index contributed by atoms with van der Waals surface area (Å²) in [5, 5.41) is 7.25. The lowest BCUT2D eigenvalue weighted by Crippen LogP contribution is -2.19. The first-order valence-corrected chi connectivity index (χ1v) is 9.67. The molecule has 0 saturated heterocycles. The van der Waals surface area contributed by atoms with Gasteiger partial charge >= 0.3 is 0 Å². The number of ether oxygens (including phenoxy) is 1. The predicted molar refractivity (Wildman–Crippen MR) is 115 cm³/mol. The van der Waals surface area contributed by atoms with Gasteiger partial charge in [-0.15, -0.1) is 0 Å². The fourth-order valence-electron chi connectivity index (χ4n) is 3.29. The fraction of sp³-hybridized carbons (Fsp3) is 0.130. The molecule has 0 bridgehead atoms. The van der Waals surface area contributed by atoms with Crippen molar-refractivity contribution in [1.29, 1.82) is 0 Å². The first-order chi connectivity index (χ1) is 15.4. The minimum absolute atomic E-state index is 0.0537. The van der Waals surface area contributed by atoms with Crippen LogP contribution in [0.5, 0.6) is 5.75 Å². The smallest absolute Gasteiger partial charge is 0.257 e. The van der Waals surface area contributed by atoms with E-state index in [1.807, 2.05) is 0 Å². The number of halogens is 3. The number of benzene rings is 2. The van der Waals surface area contributed by atoms with Crippen molar-refractivity contribution in [3.05, 3.63) is 94.7 Å². The van der Waals surface area contributed by atoms with E-state index in [0.29, 0.717) is 22.7 Å². The first kappa shape index (κ1) is 21.2. The van der Waals surface area contributed by atoms with Gasteiger partial charge in [0.25, 0.3) is 5.56 Å². The van der Waals surface area contributed by atoms with Crippen LogP contribution in [-0.4, -0.2) is 21.2 Å². The van der Waals surface area contributed by atoms with Gasteiger partial charge in [0.2, 0.25) is 6.86 Å². The van der Waals surface area contributed by atoms with Crippen LogP contribution in [0.25, 0.3) is 16.8 Å². The lowest BCUT2D eigenvalue weighted by molar-refractivity contribution is 0.192. The average molecular weight is 440 g/mol. The molecule has 0 aliphatic heterocycles. The molecule has 0 unspecified atom stereocenters. The molecule has 1 N–H and O–H groups in total. The summed E-state index contributed by atoms with van der Waals surface area (Å²) in [6.45, 7) is -0.891. The molecule has 0 saturated carbocycles. The van der Waals surface area contributed by atoms with E-state index in [9.17, 15) is 18.0 Å². The minimum Gasteiger partial charge on any atom is -0.463 e. The molecule has 2 heterocycles. The van der Waals surface area contributed by atoms with Gasteiger partial charge in [-0.25, -0.2) is 13.2 Å². The Morgan fingerprint density at radius 3 is 2.50 bits per heavy atom. The van der Waals surface area contributed by atoms with Gasteiger partial charge in [0.1, 0.15) is 17.4 Å². The second kappa shape index (κ2) is 9.01. The number of aryl methyl sites for hydroxylation is 1. The molecule has 2 aromatic heterocycles. The Morgan fingerprint density at radius 2 is 1.84 bits per heavy atom. The normalized spacial score (nSPS) is 10.9. The summed E-state index contributed by atoms with van der Waals surface area (Å²) in [6, 6.07) is 11.1. The number of aromatic nitrogens is 3. The third-order valence-corrected chi connectivity index (χ3v) is 4.89. The Bertz CT molecular complexity index is 1300. The Morgan fingerprint density at radius 1 is 1.06 bits per heavy atom. The van der Waals surface area contributed by atoms with E-state index in [0.717, 1.165) is 11.6 Å². The summed E-state index contributed by atoms with van der Waals surface area (Å²) >= 11 is 0. The standard InChI is InChI=1S/C23H19F3N4O2/c1-29-12-16(11-28-29)20-13-30(18-4-6-19(7-5-18)32-14-24)23(31)9-22(20)27-10-15-2-3-17(25)8-21(15)26/h2-9,11-13,27H,10,14H2,1H3. The van der Waals surface area contributed by atoms with Crippen molar-refractivity contribution in [1.82, 2.24) is 14.3 Å². The Kier molecular flexibility index (Phi) is 5.98. The molecule has 0 radical (unpaired) electrons. The van der Waals surface area contributed by atoms with Crippen molar-refractivity contribution in [3.8, 4) is 22.6 Å². The van der Waals surface area contributed by atoms with Crippen LogP contribution in [0.15, 0.2) is 71.9 Å². The van der Waals surface area contributed by atoms with Crippen molar-refractivity contribution in [2.24, 2.45) is 7.05 Å². The number of rotatable bonds is 7. The van der Waals surface area contributed by atoms with Crippen LogP contribution in [0, 0.1) is 11.6 Å². The molecule has 164 valence electrons. The summed E-state index contributed by atoms with van der Waals surface area (Å²) in [5.41, 5.74) is 2.35. The minimum atomic E-state index is -0.945. The molecular formula is C23H19F3N4O2. The van der Waals surface area contributed by atoms with Crippen LogP contribution in [0.1, 0.15) is 5.56 Å². The summed E-state index contributed by atoms with van der Waals surface area (Å²) in [4.78, 5) is 12.8. The molecule has 9 heteroatoms. The molecule has 0 atom stereocenters. The van der Waals surface area contributed by atoms with E-state index < -0.39 is 18.5 Å². The van der Waals surface area contributed by atoms with E-state index >= 15 is 0 Å². The number of hydrogen-bond donors (Lipinski definition) is 1. The second-order valence-electron chi connectivity index (χ2n) is 7.05. The number of hydrogen-bond acceptors (Lipinski definition) is 4. The zero-order valence-corrected chi connectivity index (χ0v) is 17.1. The summed E-state index contributed by atoms with van der Waals surface area (Å²) in [6.07, 6.45) is 5.08. The monoisotopic (exact) mass is 440 g/mol. The molecule has 4 aromatic rings. The molecule has 0 amide bonds. The number of alkyl halides is 1. The van der Waals surface area contributed by atoms with Gasteiger partial charge in [0.05, 0.1) is 6.20 Å². The molecule has 32 heavy (non-hydrogen) atoms. The SMILES string of the molecule is Cn1cc(-c2cn(-c3ccc(OCF)cc3)c(=O)cc2NCc2ccc(F)cc2F)cn1. The van der Waals surface area contributed by atoms with E-state index in [1.165, 1.54) is 22.8 Å². The van der Waals surface area contributed by atoms with Crippen LogP contribution >= 0.6 is 0 Å². The maximum absolute atomic E-state index is 14.0. The average Bonchev–Trinajstić information content (AvgIpc) is 3.20. The fourth-order valence-corrected chi connectivity index (χ4v) is 3.29. The van der Waals surface area contributed by atoms with Gasteiger partial charge < -0.3 is 10.1 Å². The third kappa shape index (κ3) is 4.51. The van der Waals surface area contributed by atoms with E-state index in [4.69, 9.17) is 4.74 Å². The Labute approximate surface area is 181 Å². The maximum Gasteiger partial charge on any atom is 0.257 e. The summed E-state index contributed by atoms with van der Waals surface area (Å²) in [7, 11) is 1.77. The zero-order valence-electron chi connectivity index (χ0n) is 17.1. The van der Waals surface area contributed by atoms with Gasteiger partial charge in [0, 0.05) is 66.2 Å². The highest BCUT2D eigenvalue weighted by molar-refractivity contribution is 5.76. The zero-order chi connectivity index (χ0) is 22.7. The van der Waals surface area contributed by atoms with Crippen molar-refractivity contribution in [2.75, 3.05) is 12.2 Å². The van der Waals surface area contributed by atoms with Gasteiger partial charge in [-0.1, -0.05) is 6.07 Å². The van der Waals surface area contributed by atoms with Gasteiger partial charge in [-0.3, -0.25) is 14.0 Å². The molecular weight excluding hydrogens is 421 g/mol. The van der Waals surface area contributed by atoms with Crippen LogP contribution in [0.2, 0.25) is 0 Å². The van der Waals surface area contributed by atoms with Gasteiger partial charge in [0.15, 0.2) is 0 Å². The highest BCUT2D eigenvalue weighted by atomic mass is 19.1. The van der Waals surface area contributed by atoms with E-state index in [1.54, 1.807) is 54.6 Å². The quantitative estimate of drug-likeness (QED) is 0.462. The number of pyridine rings is 1.